The number of piperidine rings is 1. The van der Waals surface area contributed by atoms with E-state index in [1.54, 1.807) is 18.7 Å². The number of carbonyl (C=O) groups is 1. The standard InChI is InChI=1S/C10H21N3O2/c1-10(2,15)7-12-8-3-5-13(6-4-8)9(11)14/h8,12,15H,3-7H2,1-2H3,(H2,11,14). The van der Waals surface area contributed by atoms with Crippen LogP contribution in [-0.4, -0.2) is 47.3 Å². The average molecular weight is 215 g/mol. The Morgan fingerprint density at radius 3 is 2.47 bits per heavy atom. The molecule has 1 rings (SSSR count). The highest BCUT2D eigenvalue weighted by atomic mass is 16.3. The molecule has 1 heterocycles. The summed E-state index contributed by atoms with van der Waals surface area (Å²) in [6, 6.07) is 0.0444. The van der Waals surface area contributed by atoms with E-state index in [0.717, 1.165) is 12.8 Å². The molecule has 0 radical (unpaired) electrons. The van der Waals surface area contributed by atoms with Crippen molar-refractivity contribution in [2.75, 3.05) is 19.6 Å². The Kier molecular flexibility index (Phi) is 3.93. The molecule has 0 bridgehead atoms. The number of urea groups is 1. The highest BCUT2D eigenvalue weighted by Crippen LogP contribution is 2.10. The van der Waals surface area contributed by atoms with E-state index in [1.807, 2.05) is 0 Å². The van der Waals surface area contributed by atoms with E-state index in [-0.39, 0.29) is 6.03 Å². The predicted molar refractivity (Wildman–Crippen MR) is 58.5 cm³/mol. The maximum Gasteiger partial charge on any atom is 0.314 e. The lowest BCUT2D eigenvalue weighted by molar-refractivity contribution is 0.0728. The number of rotatable bonds is 3. The molecule has 0 saturated carbocycles. The van der Waals surface area contributed by atoms with Gasteiger partial charge >= 0.3 is 6.03 Å². The second-order valence-corrected chi connectivity index (χ2v) is 4.79. The van der Waals surface area contributed by atoms with E-state index < -0.39 is 5.60 Å². The lowest BCUT2D eigenvalue weighted by Crippen LogP contribution is -2.49. The van der Waals surface area contributed by atoms with Crippen LogP contribution in [0.25, 0.3) is 0 Å². The first-order valence-corrected chi connectivity index (χ1v) is 5.38. The highest BCUT2D eigenvalue weighted by molar-refractivity contribution is 5.72. The topological polar surface area (TPSA) is 78.6 Å². The number of nitrogens with two attached hydrogens (primary N) is 1. The Labute approximate surface area is 90.6 Å². The third-order valence-electron chi connectivity index (χ3n) is 2.63. The molecule has 15 heavy (non-hydrogen) atoms. The monoisotopic (exact) mass is 215 g/mol. The number of amides is 2. The summed E-state index contributed by atoms with van der Waals surface area (Å²) in [6.07, 6.45) is 1.80. The van der Waals surface area contributed by atoms with Crippen LogP contribution in [0.4, 0.5) is 4.79 Å². The Bertz CT molecular complexity index is 217. The molecule has 1 aliphatic heterocycles. The van der Waals surface area contributed by atoms with Crippen molar-refractivity contribution in [3.05, 3.63) is 0 Å². The smallest absolute Gasteiger partial charge is 0.314 e. The number of nitrogens with one attached hydrogen (secondary N) is 1. The Hall–Kier alpha value is -0.810. The number of hydrogen-bond acceptors (Lipinski definition) is 3. The van der Waals surface area contributed by atoms with E-state index >= 15 is 0 Å². The van der Waals surface area contributed by atoms with E-state index in [9.17, 15) is 9.90 Å². The minimum atomic E-state index is -0.680. The van der Waals surface area contributed by atoms with Gasteiger partial charge in [0.1, 0.15) is 0 Å². The van der Waals surface area contributed by atoms with Crippen molar-refractivity contribution >= 4 is 6.03 Å². The van der Waals surface area contributed by atoms with Crippen molar-refractivity contribution in [1.29, 1.82) is 0 Å². The van der Waals surface area contributed by atoms with Gasteiger partial charge in [0, 0.05) is 25.7 Å². The van der Waals surface area contributed by atoms with Crippen molar-refractivity contribution in [2.24, 2.45) is 5.73 Å². The lowest BCUT2D eigenvalue weighted by Gasteiger charge is -2.32. The third kappa shape index (κ3) is 4.48. The maximum atomic E-state index is 10.9. The molecule has 0 aliphatic carbocycles. The Balaban J connectivity index is 2.23. The molecule has 2 amide bonds. The fraction of sp³-hybridized carbons (Fsp3) is 0.900. The lowest BCUT2D eigenvalue weighted by atomic mass is 10.0. The van der Waals surface area contributed by atoms with Gasteiger partial charge in [-0.15, -0.1) is 0 Å². The fourth-order valence-corrected chi connectivity index (χ4v) is 1.70. The van der Waals surface area contributed by atoms with E-state index in [1.165, 1.54) is 0 Å². The molecule has 88 valence electrons. The molecule has 5 heteroatoms. The molecule has 0 unspecified atom stereocenters. The van der Waals surface area contributed by atoms with Crippen LogP contribution in [-0.2, 0) is 0 Å². The van der Waals surface area contributed by atoms with E-state index in [2.05, 4.69) is 5.32 Å². The van der Waals surface area contributed by atoms with Gasteiger partial charge in [0.25, 0.3) is 0 Å². The number of carbonyl (C=O) groups excluding carboxylic acids is 1. The number of primary amides is 1. The number of nitrogens with zero attached hydrogens (tertiary/aromatic N) is 1. The molecule has 0 atom stereocenters. The molecule has 5 nitrogen and oxygen atoms in total. The van der Waals surface area contributed by atoms with Crippen LogP contribution in [0.1, 0.15) is 26.7 Å². The van der Waals surface area contributed by atoms with Gasteiger partial charge in [-0.25, -0.2) is 4.79 Å². The molecule has 1 fully saturated rings. The second kappa shape index (κ2) is 4.81. The molecular weight excluding hydrogens is 194 g/mol. The van der Waals surface area contributed by atoms with Gasteiger partial charge in [0.15, 0.2) is 0 Å². The van der Waals surface area contributed by atoms with Crippen LogP contribution in [0.2, 0.25) is 0 Å². The minimum absolute atomic E-state index is 0.337. The van der Waals surface area contributed by atoms with Crippen molar-refractivity contribution < 1.29 is 9.90 Å². The van der Waals surface area contributed by atoms with Crippen LogP contribution < -0.4 is 11.1 Å². The van der Waals surface area contributed by atoms with Gasteiger partial charge in [-0.2, -0.15) is 0 Å². The molecule has 0 spiro atoms. The summed E-state index contributed by atoms with van der Waals surface area (Å²) in [6.45, 7) is 5.54. The van der Waals surface area contributed by atoms with Gasteiger partial charge in [0.2, 0.25) is 0 Å². The zero-order valence-electron chi connectivity index (χ0n) is 9.49. The number of likely N-dealkylation sites (tertiary alicyclic amines) is 1. The molecule has 0 aromatic rings. The van der Waals surface area contributed by atoms with Gasteiger partial charge < -0.3 is 21.1 Å². The van der Waals surface area contributed by atoms with E-state index in [4.69, 9.17) is 5.73 Å². The largest absolute Gasteiger partial charge is 0.389 e. The second-order valence-electron chi connectivity index (χ2n) is 4.79. The van der Waals surface area contributed by atoms with Crippen LogP contribution in [0.3, 0.4) is 0 Å². The van der Waals surface area contributed by atoms with Crippen LogP contribution >= 0.6 is 0 Å². The summed E-state index contributed by atoms with van der Waals surface area (Å²) >= 11 is 0. The molecule has 4 N–H and O–H groups in total. The van der Waals surface area contributed by atoms with Crippen molar-refractivity contribution in [1.82, 2.24) is 10.2 Å². The summed E-state index contributed by atoms with van der Waals surface area (Å²) < 4.78 is 0. The van der Waals surface area contributed by atoms with E-state index in [0.29, 0.717) is 25.7 Å². The zero-order valence-corrected chi connectivity index (χ0v) is 9.49. The van der Waals surface area contributed by atoms with Crippen LogP contribution in [0.5, 0.6) is 0 Å². The molecule has 1 saturated heterocycles. The van der Waals surface area contributed by atoms with Gasteiger partial charge in [0.05, 0.1) is 5.60 Å². The van der Waals surface area contributed by atoms with Crippen molar-refractivity contribution in [3.8, 4) is 0 Å². The highest BCUT2D eigenvalue weighted by Gasteiger charge is 2.22. The molecular formula is C10H21N3O2. The fourth-order valence-electron chi connectivity index (χ4n) is 1.70. The summed E-state index contributed by atoms with van der Waals surface area (Å²) in [5.41, 5.74) is 4.50. The van der Waals surface area contributed by atoms with Gasteiger partial charge in [-0.3, -0.25) is 0 Å². The Morgan fingerprint density at radius 2 is 2.07 bits per heavy atom. The summed E-state index contributed by atoms with van der Waals surface area (Å²) in [5.74, 6) is 0. The Morgan fingerprint density at radius 1 is 1.53 bits per heavy atom. The van der Waals surface area contributed by atoms with Crippen molar-refractivity contribution in [3.63, 3.8) is 0 Å². The normalized spacial score (nSPS) is 19.3. The van der Waals surface area contributed by atoms with Gasteiger partial charge in [-0.05, 0) is 26.7 Å². The quantitative estimate of drug-likeness (QED) is 0.614. The molecule has 0 aromatic heterocycles. The average Bonchev–Trinajstić information content (AvgIpc) is 2.14. The van der Waals surface area contributed by atoms with Crippen LogP contribution in [0.15, 0.2) is 0 Å². The summed E-state index contributed by atoms with van der Waals surface area (Å²) in [7, 11) is 0. The predicted octanol–water partition coefficient (Wildman–Crippen LogP) is -0.110. The SMILES string of the molecule is CC(C)(O)CNC1CCN(C(N)=O)CC1. The number of hydrogen-bond donors (Lipinski definition) is 3. The third-order valence-corrected chi connectivity index (χ3v) is 2.63. The first kappa shape index (κ1) is 12.3. The van der Waals surface area contributed by atoms with Crippen LogP contribution in [0, 0.1) is 0 Å². The summed E-state index contributed by atoms with van der Waals surface area (Å²) in [5, 5.41) is 12.8. The van der Waals surface area contributed by atoms with Crippen molar-refractivity contribution in [2.45, 2.75) is 38.3 Å². The first-order chi connectivity index (χ1) is 6.88. The zero-order chi connectivity index (χ0) is 11.5. The number of aliphatic hydroxyl groups is 1. The minimum Gasteiger partial charge on any atom is -0.389 e. The maximum absolute atomic E-state index is 10.9. The first-order valence-electron chi connectivity index (χ1n) is 5.38. The van der Waals surface area contributed by atoms with Gasteiger partial charge in [-0.1, -0.05) is 0 Å². The summed E-state index contributed by atoms with van der Waals surface area (Å²) in [4.78, 5) is 12.5. The molecule has 0 aromatic carbocycles. The molecule has 1 aliphatic rings.